The lowest BCUT2D eigenvalue weighted by Crippen LogP contribution is -2.50. The molecule has 1 heterocycles. The van der Waals surface area contributed by atoms with E-state index in [1.165, 1.54) is 12.1 Å². The third-order valence-corrected chi connectivity index (χ3v) is 4.42. The number of piperidine rings is 1. The van der Waals surface area contributed by atoms with Gasteiger partial charge in [-0.2, -0.15) is 0 Å². The van der Waals surface area contributed by atoms with Crippen molar-refractivity contribution in [3.63, 3.8) is 0 Å². The molecule has 1 aliphatic rings. The molecule has 1 aromatic carbocycles. The molecule has 1 atom stereocenters. The molecular weight excluding hydrogens is 333 g/mol. The van der Waals surface area contributed by atoms with Crippen LogP contribution in [0.2, 0.25) is 0 Å². The summed E-state index contributed by atoms with van der Waals surface area (Å²) in [7, 11) is 0. The number of carbonyl (C=O) groups is 2. The Hall–Kier alpha value is -2.11. The molecule has 144 valence electrons. The van der Waals surface area contributed by atoms with Gasteiger partial charge in [0, 0.05) is 31.2 Å². The maximum absolute atomic E-state index is 13.3. The van der Waals surface area contributed by atoms with Gasteiger partial charge < -0.3 is 15.5 Å². The van der Waals surface area contributed by atoms with Gasteiger partial charge in [-0.25, -0.2) is 4.39 Å². The predicted octanol–water partition coefficient (Wildman–Crippen LogP) is 2.77. The molecule has 1 unspecified atom stereocenters. The number of rotatable bonds is 5. The van der Waals surface area contributed by atoms with Gasteiger partial charge in [-0.15, -0.1) is 0 Å². The number of aryl methyl sites for hydroxylation is 1. The second kappa shape index (κ2) is 8.52. The van der Waals surface area contributed by atoms with Crippen molar-refractivity contribution in [1.82, 2.24) is 10.6 Å². The van der Waals surface area contributed by atoms with Gasteiger partial charge in [-0.3, -0.25) is 9.59 Å². The van der Waals surface area contributed by atoms with Crippen molar-refractivity contribution < 1.29 is 14.0 Å². The van der Waals surface area contributed by atoms with Crippen molar-refractivity contribution in [3.05, 3.63) is 29.6 Å². The Bertz CT molecular complexity index is 655. The molecule has 0 spiro atoms. The largest absolute Gasteiger partial charge is 0.369 e. The maximum atomic E-state index is 13.3. The van der Waals surface area contributed by atoms with Crippen LogP contribution < -0.4 is 15.5 Å². The van der Waals surface area contributed by atoms with E-state index < -0.39 is 0 Å². The standard InChI is InChI=1S/C20H30FN3O2/c1-14-10-15(21)7-8-17(14)24-9-5-6-16(13-24)23-19(26)12-22-18(25)11-20(2,3)4/h7-8,10,16H,5-6,9,11-13H2,1-4H3,(H,22,25)(H,23,26). The lowest BCUT2D eigenvalue weighted by atomic mass is 9.92. The summed E-state index contributed by atoms with van der Waals surface area (Å²) in [5.74, 6) is -0.520. The number of amides is 2. The predicted molar refractivity (Wildman–Crippen MR) is 102 cm³/mol. The number of nitrogens with one attached hydrogen (secondary N) is 2. The van der Waals surface area contributed by atoms with Crippen LogP contribution in [-0.4, -0.2) is 37.5 Å². The average molecular weight is 363 g/mol. The van der Waals surface area contributed by atoms with Crippen LogP contribution in [-0.2, 0) is 9.59 Å². The molecule has 0 saturated carbocycles. The van der Waals surface area contributed by atoms with Crippen LogP contribution in [0.3, 0.4) is 0 Å². The molecule has 1 aliphatic heterocycles. The monoisotopic (exact) mass is 363 g/mol. The summed E-state index contributed by atoms with van der Waals surface area (Å²) in [6.45, 7) is 9.43. The van der Waals surface area contributed by atoms with Crippen LogP contribution in [0.25, 0.3) is 0 Å². The van der Waals surface area contributed by atoms with Crippen LogP contribution in [0, 0.1) is 18.2 Å². The van der Waals surface area contributed by atoms with E-state index in [9.17, 15) is 14.0 Å². The number of carbonyl (C=O) groups excluding carboxylic acids is 2. The minimum Gasteiger partial charge on any atom is -0.369 e. The van der Waals surface area contributed by atoms with Crippen molar-refractivity contribution in [1.29, 1.82) is 0 Å². The zero-order chi connectivity index (χ0) is 19.3. The van der Waals surface area contributed by atoms with Crippen molar-refractivity contribution >= 4 is 17.5 Å². The highest BCUT2D eigenvalue weighted by atomic mass is 19.1. The average Bonchev–Trinajstić information content (AvgIpc) is 2.51. The quantitative estimate of drug-likeness (QED) is 0.846. The van der Waals surface area contributed by atoms with Crippen LogP contribution in [0.5, 0.6) is 0 Å². The van der Waals surface area contributed by atoms with Crippen molar-refractivity contribution in [2.75, 3.05) is 24.5 Å². The molecule has 6 heteroatoms. The molecule has 26 heavy (non-hydrogen) atoms. The molecule has 2 amide bonds. The fourth-order valence-electron chi connectivity index (χ4n) is 3.29. The smallest absolute Gasteiger partial charge is 0.239 e. The Morgan fingerprint density at radius 2 is 2.00 bits per heavy atom. The maximum Gasteiger partial charge on any atom is 0.239 e. The zero-order valence-electron chi connectivity index (χ0n) is 16.2. The van der Waals surface area contributed by atoms with E-state index in [-0.39, 0.29) is 35.6 Å². The summed E-state index contributed by atoms with van der Waals surface area (Å²) in [5, 5.41) is 5.68. The molecule has 2 N–H and O–H groups in total. The van der Waals surface area contributed by atoms with Gasteiger partial charge in [-0.1, -0.05) is 20.8 Å². The Balaban J connectivity index is 1.84. The number of hydrogen-bond donors (Lipinski definition) is 2. The number of hydrogen-bond acceptors (Lipinski definition) is 3. The molecule has 0 aromatic heterocycles. The topological polar surface area (TPSA) is 61.4 Å². The summed E-state index contributed by atoms with van der Waals surface area (Å²) >= 11 is 0. The van der Waals surface area contributed by atoms with Gasteiger partial charge in [0.25, 0.3) is 0 Å². The Morgan fingerprint density at radius 3 is 2.65 bits per heavy atom. The number of anilines is 1. The fourth-order valence-corrected chi connectivity index (χ4v) is 3.29. The van der Waals surface area contributed by atoms with Gasteiger partial charge in [0.05, 0.1) is 6.54 Å². The molecule has 0 aliphatic carbocycles. The molecule has 1 saturated heterocycles. The summed E-state index contributed by atoms with van der Waals surface area (Å²) in [6.07, 6.45) is 2.25. The second-order valence-corrected chi connectivity index (χ2v) is 8.30. The van der Waals surface area contributed by atoms with E-state index in [0.717, 1.165) is 30.6 Å². The van der Waals surface area contributed by atoms with Crippen LogP contribution in [0.1, 0.15) is 45.6 Å². The minimum absolute atomic E-state index is 0.000981. The first kappa shape index (κ1) is 20.2. The molecule has 0 bridgehead atoms. The highest BCUT2D eigenvalue weighted by Crippen LogP contribution is 2.24. The highest BCUT2D eigenvalue weighted by molar-refractivity contribution is 5.85. The van der Waals surface area contributed by atoms with Gasteiger partial charge in [0.2, 0.25) is 11.8 Å². The van der Waals surface area contributed by atoms with Crippen LogP contribution >= 0.6 is 0 Å². The van der Waals surface area contributed by atoms with E-state index in [1.54, 1.807) is 6.07 Å². The van der Waals surface area contributed by atoms with Gasteiger partial charge in [0.15, 0.2) is 0 Å². The Labute approximate surface area is 155 Å². The van der Waals surface area contributed by atoms with E-state index >= 15 is 0 Å². The normalized spacial score (nSPS) is 17.7. The highest BCUT2D eigenvalue weighted by Gasteiger charge is 2.23. The first-order valence-electron chi connectivity index (χ1n) is 9.21. The first-order valence-corrected chi connectivity index (χ1v) is 9.21. The molecule has 5 nitrogen and oxygen atoms in total. The summed E-state index contributed by atoms with van der Waals surface area (Å²) < 4.78 is 13.3. The van der Waals surface area contributed by atoms with Gasteiger partial charge in [-0.05, 0) is 48.9 Å². The van der Waals surface area contributed by atoms with Crippen LogP contribution in [0.15, 0.2) is 18.2 Å². The molecule has 2 rings (SSSR count). The minimum atomic E-state index is -0.237. The summed E-state index contributed by atoms with van der Waals surface area (Å²) in [4.78, 5) is 26.2. The van der Waals surface area contributed by atoms with Crippen molar-refractivity contribution in [2.45, 2.75) is 53.0 Å². The lowest BCUT2D eigenvalue weighted by molar-refractivity contribution is -0.127. The van der Waals surface area contributed by atoms with Crippen molar-refractivity contribution in [2.24, 2.45) is 5.41 Å². The number of halogens is 1. The van der Waals surface area contributed by atoms with Gasteiger partial charge >= 0.3 is 0 Å². The van der Waals surface area contributed by atoms with E-state index in [4.69, 9.17) is 0 Å². The lowest BCUT2D eigenvalue weighted by Gasteiger charge is -2.35. The number of nitrogens with zero attached hydrogens (tertiary/aromatic N) is 1. The molecule has 0 radical (unpaired) electrons. The van der Waals surface area contributed by atoms with E-state index in [1.807, 2.05) is 27.7 Å². The van der Waals surface area contributed by atoms with E-state index in [2.05, 4.69) is 15.5 Å². The summed E-state index contributed by atoms with van der Waals surface area (Å²) in [6, 6.07) is 4.82. The third-order valence-electron chi connectivity index (χ3n) is 4.42. The van der Waals surface area contributed by atoms with Gasteiger partial charge in [0.1, 0.15) is 5.82 Å². The SMILES string of the molecule is Cc1cc(F)ccc1N1CCCC(NC(=O)CNC(=O)CC(C)(C)C)C1. The Morgan fingerprint density at radius 1 is 1.27 bits per heavy atom. The fraction of sp³-hybridized carbons (Fsp3) is 0.600. The Kier molecular flexibility index (Phi) is 6.62. The number of benzene rings is 1. The van der Waals surface area contributed by atoms with Crippen LogP contribution in [0.4, 0.5) is 10.1 Å². The second-order valence-electron chi connectivity index (χ2n) is 8.30. The first-order chi connectivity index (χ1) is 12.1. The third kappa shape index (κ3) is 6.32. The summed E-state index contributed by atoms with van der Waals surface area (Å²) in [5.41, 5.74) is 1.80. The molecular formula is C20H30FN3O2. The van der Waals surface area contributed by atoms with E-state index in [0.29, 0.717) is 13.0 Å². The molecule has 1 fully saturated rings. The zero-order valence-corrected chi connectivity index (χ0v) is 16.2. The van der Waals surface area contributed by atoms with Crippen molar-refractivity contribution in [3.8, 4) is 0 Å². The molecule has 1 aromatic rings.